The van der Waals surface area contributed by atoms with Crippen LogP contribution in [0.1, 0.15) is 56.4 Å². The number of pyridine rings is 1. The van der Waals surface area contributed by atoms with Crippen molar-refractivity contribution in [2.45, 2.75) is 62.9 Å². The maximum absolute atomic E-state index is 13.3. The topological polar surface area (TPSA) is 184 Å². The molecule has 2 bridgehead atoms. The summed E-state index contributed by atoms with van der Waals surface area (Å²) in [5, 5.41) is 11.8. The van der Waals surface area contributed by atoms with Crippen molar-refractivity contribution in [2.24, 2.45) is 11.3 Å². The van der Waals surface area contributed by atoms with E-state index in [4.69, 9.17) is 19.2 Å². The van der Waals surface area contributed by atoms with Crippen LogP contribution in [0, 0.1) is 17.2 Å². The molecule has 4 aliphatic heterocycles. The molecule has 5 aromatic rings. The minimum absolute atomic E-state index is 0.0883. The van der Waals surface area contributed by atoms with Gasteiger partial charge in [-0.05, 0) is 129 Å². The van der Waals surface area contributed by atoms with Crippen LogP contribution in [0.25, 0.3) is 10.9 Å². The Balaban J connectivity index is 0.657. The molecule has 16 nitrogen and oxygen atoms in total. The zero-order chi connectivity index (χ0) is 48.4. The van der Waals surface area contributed by atoms with E-state index in [1.54, 1.807) is 49.7 Å². The number of amides is 5. The van der Waals surface area contributed by atoms with Crippen molar-refractivity contribution in [3.63, 3.8) is 0 Å². The smallest absolute Gasteiger partial charge is 0.257 e. The van der Waals surface area contributed by atoms with E-state index in [0.717, 1.165) is 86.4 Å². The van der Waals surface area contributed by atoms with E-state index >= 15 is 0 Å². The van der Waals surface area contributed by atoms with E-state index in [1.165, 1.54) is 24.3 Å². The standard InChI is InChI=1S/C53H57FN8O8/c1-68-47-27-43-44(55-21-16-46(43)70-41-12-8-37(9-13-41)58-52(67)53(19-20-53)51(66)57-36-6-4-35(54)5-7-36)28-45(47)60-23-17-33(18-24-60)29-62-31-38-26-39(62)30-61(38)25-22-56-49(64)32-69-40-10-2-34(3-11-40)42-14-15-48(63)59-50(42)65/h2-13,16,21,27-28,33,38-39,42H,14-15,17-20,22-26,29-32H2,1H3,(H,56,64)(H,57,66)(H,58,67)(H,59,63,65)/t38-,39-,42?/m0/s1. The van der Waals surface area contributed by atoms with E-state index < -0.39 is 23.0 Å². The van der Waals surface area contributed by atoms with Crippen LogP contribution in [-0.2, 0) is 24.0 Å². The van der Waals surface area contributed by atoms with Crippen molar-refractivity contribution in [3.05, 3.63) is 109 Å². The molecule has 4 aromatic carbocycles. The summed E-state index contributed by atoms with van der Waals surface area (Å²) < 4.78 is 31.3. The summed E-state index contributed by atoms with van der Waals surface area (Å²) in [6, 6.07) is 26.5. The number of benzene rings is 4. The quantitative estimate of drug-likeness (QED) is 0.0611. The van der Waals surface area contributed by atoms with Crippen LogP contribution in [-0.4, -0.2) is 116 Å². The number of ether oxygens (including phenoxy) is 3. The highest BCUT2D eigenvalue weighted by molar-refractivity contribution is 6.17. The van der Waals surface area contributed by atoms with Crippen LogP contribution in [0.5, 0.6) is 23.0 Å². The van der Waals surface area contributed by atoms with E-state index in [0.29, 0.717) is 78.9 Å². The molecule has 0 spiro atoms. The van der Waals surface area contributed by atoms with E-state index in [2.05, 4.69) is 42.0 Å². The Morgan fingerprint density at radius 3 is 2.14 bits per heavy atom. The molecule has 17 heteroatoms. The second-order valence-corrected chi connectivity index (χ2v) is 19.1. The summed E-state index contributed by atoms with van der Waals surface area (Å²) >= 11 is 0. The maximum atomic E-state index is 13.3. The van der Waals surface area contributed by atoms with Gasteiger partial charge in [0.1, 0.15) is 34.2 Å². The number of nitrogens with one attached hydrogen (secondary N) is 4. The van der Waals surface area contributed by atoms with Crippen LogP contribution >= 0.6 is 0 Å². The molecule has 5 heterocycles. The highest BCUT2D eigenvalue weighted by Crippen LogP contribution is 2.48. The van der Waals surface area contributed by atoms with Crippen LogP contribution in [0.4, 0.5) is 21.5 Å². The average molecular weight is 953 g/mol. The molecule has 70 heavy (non-hydrogen) atoms. The lowest BCUT2D eigenvalue weighted by Gasteiger charge is -2.39. The Morgan fingerprint density at radius 1 is 0.814 bits per heavy atom. The first-order valence-corrected chi connectivity index (χ1v) is 24.2. The molecule has 4 saturated heterocycles. The van der Waals surface area contributed by atoms with Crippen molar-refractivity contribution in [1.82, 2.24) is 25.4 Å². The fourth-order valence-electron chi connectivity index (χ4n) is 10.5. The maximum Gasteiger partial charge on any atom is 0.257 e. The Morgan fingerprint density at radius 2 is 1.49 bits per heavy atom. The Labute approximate surface area is 405 Å². The molecular formula is C53H57FN8O8. The Kier molecular flexibility index (Phi) is 13.4. The van der Waals surface area contributed by atoms with Gasteiger partial charge < -0.3 is 35.1 Å². The van der Waals surface area contributed by atoms with Gasteiger partial charge in [0.15, 0.2) is 6.61 Å². The number of piperazine rings is 1. The summed E-state index contributed by atoms with van der Waals surface area (Å²) in [6.07, 6.45) is 6.70. The first-order valence-electron chi connectivity index (χ1n) is 24.2. The monoisotopic (exact) mass is 952 g/mol. The van der Waals surface area contributed by atoms with Gasteiger partial charge in [-0.1, -0.05) is 12.1 Å². The number of aromatic nitrogens is 1. The van der Waals surface area contributed by atoms with Crippen LogP contribution in [0.15, 0.2) is 97.2 Å². The van der Waals surface area contributed by atoms with E-state index in [1.807, 2.05) is 24.3 Å². The number of fused-ring (bicyclic) bond motifs is 3. The number of hydrogen-bond donors (Lipinski definition) is 4. The van der Waals surface area contributed by atoms with Gasteiger partial charge in [-0.3, -0.25) is 44.1 Å². The number of nitrogens with zero attached hydrogens (tertiary/aromatic N) is 4. The van der Waals surface area contributed by atoms with E-state index in [9.17, 15) is 28.4 Å². The normalized spacial score (nSPS) is 21.0. The second-order valence-electron chi connectivity index (χ2n) is 19.1. The highest BCUT2D eigenvalue weighted by atomic mass is 19.1. The van der Waals surface area contributed by atoms with Crippen LogP contribution < -0.4 is 40.4 Å². The number of likely N-dealkylation sites (tertiary alicyclic amines) is 2. The summed E-state index contributed by atoms with van der Waals surface area (Å²) in [7, 11) is 1.68. The predicted octanol–water partition coefficient (Wildman–Crippen LogP) is 6.22. The van der Waals surface area contributed by atoms with Gasteiger partial charge in [-0.25, -0.2) is 4.39 Å². The number of rotatable bonds is 17. The lowest BCUT2D eigenvalue weighted by atomic mass is 9.90. The first kappa shape index (κ1) is 46.6. The third kappa shape index (κ3) is 10.3. The van der Waals surface area contributed by atoms with E-state index in [-0.39, 0.29) is 30.2 Å². The highest BCUT2D eigenvalue weighted by Gasteiger charge is 2.56. The fraction of sp³-hybridized carbons (Fsp3) is 0.396. The average Bonchev–Trinajstić information content (AvgIpc) is 3.98. The molecule has 10 rings (SSSR count). The molecule has 3 atom stereocenters. The molecule has 1 unspecified atom stereocenters. The molecule has 0 radical (unpaired) electrons. The van der Waals surface area contributed by atoms with Crippen molar-refractivity contribution in [1.29, 1.82) is 0 Å². The molecule has 5 fully saturated rings. The summed E-state index contributed by atoms with van der Waals surface area (Å²) in [5.74, 6) is 0.805. The third-order valence-electron chi connectivity index (χ3n) is 14.6. The Hall–Kier alpha value is -7.11. The van der Waals surface area contributed by atoms with Gasteiger partial charge in [0.2, 0.25) is 23.6 Å². The molecule has 4 N–H and O–H groups in total. The van der Waals surface area contributed by atoms with Gasteiger partial charge in [-0.15, -0.1) is 0 Å². The largest absolute Gasteiger partial charge is 0.495 e. The lowest BCUT2D eigenvalue weighted by molar-refractivity contribution is -0.134. The van der Waals surface area contributed by atoms with Gasteiger partial charge in [0.25, 0.3) is 5.91 Å². The molecule has 1 aliphatic carbocycles. The summed E-state index contributed by atoms with van der Waals surface area (Å²) in [6.45, 7) is 6.25. The van der Waals surface area contributed by atoms with Crippen molar-refractivity contribution in [2.75, 3.05) is 75.1 Å². The zero-order valence-electron chi connectivity index (χ0n) is 39.1. The molecule has 1 aromatic heterocycles. The number of halogens is 1. The Bertz CT molecular complexity index is 2760. The van der Waals surface area contributed by atoms with Gasteiger partial charge in [-0.2, -0.15) is 0 Å². The second kappa shape index (κ2) is 20.1. The number of methoxy groups -OCH3 is 1. The first-order chi connectivity index (χ1) is 34.0. The number of anilines is 3. The molecule has 5 amide bonds. The van der Waals surface area contributed by atoms with Crippen molar-refractivity contribution < 1.29 is 42.6 Å². The summed E-state index contributed by atoms with van der Waals surface area (Å²) in [4.78, 5) is 74.8. The number of hydrogen-bond acceptors (Lipinski definition) is 12. The van der Waals surface area contributed by atoms with Crippen LogP contribution in [0.2, 0.25) is 0 Å². The zero-order valence-corrected chi connectivity index (χ0v) is 39.1. The molecule has 1 saturated carbocycles. The molecular weight excluding hydrogens is 896 g/mol. The van der Waals surface area contributed by atoms with Crippen molar-refractivity contribution in [3.8, 4) is 23.0 Å². The number of carbonyl (C=O) groups excluding carboxylic acids is 5. The fourth-order valence-corrected chi connectivity index (χ4v) is 10.5. The van der Waals surface area contributed by atoms with Gasteiger partial charge in [0, 0.05) is 87.3 Å². The minimum Gasteiger partial charge on any atom is -0.495 e. The van der Waals surface area contributed by atoms with Crippen molar-refractivity contribution >= 4 is 57.5 Å². The summed E-state index contributed by atoms with van der Waals surface area (Å²) in [5.41, 5.74) is 2.40. The SMILES string of the molecule is COc1cc2c(Oc3ccc(NC(=O)C4(C(=O)Nc5ccc(F)cc5)CC4)cc3)ccnc2cc1N1CCC(CN2C[C@@H]3C[C@H]2CN3CCNC(=O)COc2ccc(C3CCC(=O)NC3=O)cc2)CC1. The minimum atomic E-state index is -1.17. The van der Waals surface area contributed by atoms with Gasteiger partial charge >= 0.3 is 0 Å². The molecule has 5 aliphatic rings. The van der Waals surface area contributed by atoms with Gasteiger partial charge in [0.05, 0.1) is 24.2 Å². The number of carbonyl (C=O) groups is 5. The number of imide groups is 1. The van der Waals surface area contributed by atoms with Crippen LogP contribution in [0.3, 0.4) is 0 Å². The number of piperidine rings is 2. The predicted molar refractivity (Wildman–Crippen MR) is 260 cm³/mol. The molecule has 364 valence electrons. The third-order valence-corrected chi connectivity index (χ3v) is 14.6. The lowest BCUT2D eigenvalue weighted by Crippen LogP contribution is -2.50.